The van der Waals surface area contributed by atoms with Crippen LogP contribution in [0.5, 0.6) is 0 Å². The molecule has 0 saturated carbocycles. The Balaban J connectivity index is 2.99. The van der Waals surface area contributed by atoms with Gasteiger partial charge in [-0.15, -0.1) is 0 Å². The van der Waals surface area contributed by atoms with Crippen LogP contribution in [0, 0.1) is 0 Å². The molecule has 0 aliphatic rings. The van der Waals surface area contributed by atoms with Gasteiger partial charge in [-0.1, -0.05) is 11.6 Å². The van der Waals surface area contributed by atoms with E-state index in [2.05, 4.69) is 15.9 Å². The molecule has 1 aromatic rings. The van der Waals surface area contributed by atoms with Crippen molar-refractivity contribution >= 4 is 43.5 Å². The lowest BCUT2D eigenvalue weighted by Gasteiger charge is -2.09. The number of hydrogen-bond acceptors (Lipinski definition) is 5. The fourth-order valence-corrected chi connectivity index (χ4v) is 2.69. The van der Waals surface area contributed by atoms with Crippen LogP contribution < -0.4 is 5.14 Å². The van der Waals surface area contributed by atoms with Gasteiger partial charge in [0, 0.05) is 24.6 Å². The smallest absolute Gasteiger partial charge is 0.339 e. The van der Waals surface area contributed by atoms with Crippen LogP contribution in [0.3, 0.4) is 0 Å². The molecule has 2 N–H and O–H groups in total. The fraction of sp³-hybridized carbons (Fsp3) is 0.364. The van der Waals surface area contributed by atoms with E-state index in [0.717, 1.165) is 6.07 Å². The van der Waals surface area contributed by atoms with Gasteiger partial charge < -0.3 is 9.47 Å². The van der Waals surface area contributed by atoms with Crippen molar-refractivity contribution in [2.24, 2.45) is 5.14 Å². The van der Waals surface area contributed by atoms with Gasteiger partial charge in [0.15, 0.2) is 0 Å². The van der Waals surface area contributed by atoms with E-state index in [4.69, 9.17) is 26.2 Å². The van der Waals surface area contributed by atoms with Crippen LogP contribution >= 0.6 is 27.5 Å². The first-order valence-corrected chi connectivity index (χ1v) is 8.17. The SMILES string of the molecule is COCCCOC(=O)c1cc(S(N)(=O)=O)cc(Br)c1Cl. The summed E-state index contributed by atoms with van der Waals surface area (Å²) in [6.07, 6.45) is 0.524. The van der Waals surface area contributed by atoms with Gasteiger partial charge >= 0.3 is 5.97 Å². The lowest BCUT2D eigenvalue weighted by molar-refractivity contribution is 0.0468. The highest BCUT2D eigenvalue weighted by molar-refractivity contribution is 9.10. The molecule has 0 fully saturated rings. The monoisotopic (exact) mass is 385 g/mol. The first-order valence-electron chi connectivity index (χ1n) is 5.45. The maximum Gasteiger partial charge on any atom is 0.339 e. The highest BCUT2D eigenvalue weighted by atomic mass is 79.9. The van der Waals surface area contributed by atoms with Gasteiger partial charge in [-0.2, -0.15) is 0 Å². The summed E-state index contributed by atoms with van der Waals surface area (Å²) < 4.78 is 32.7. The number of hydrogen-bond donors (Lipinski definition) is 1. The van der Waals surface area contributed by atoms with Crippen molar-refractivity contribution in [3.63, 3.8) is 0 Å². The number of ether oxygens (including phenoxy) is 2. The fourth-order valence-electron chi connectivity index (χ4n) is 1.32. The molecular weight excluding hydrogens is 374 g/mol. The Morgan fingerprint density at radius 1 is 1.40 bits per heavy atom. The second-order valence-electron chi connectivity index (χ2n) is 3.79. The summed E-state index contributed by atoms with van der Waals surface area (Å²) in [7, 11) is -2.41. The summed E-state index contributed by atoms with van der Waals surface area (Å²) >= 11 is 9.01. The molecule has 0 heterocycles. The molecule has 0 aliphatic carbocycles. The minimum atomic E-state index is -3.94. The Kier molecular flexibility index (Phi) is 6.41. The lowest BCUT2D eigenvalue weighted by atomic mass is 10.2. The molecule has 0 unspecified atom stereocenters. The number of halogens is 2. The van der Waals surface area contributed by atoms with Crippen molar-refractivity contribution in [2.45, 2.75) is 11.3 Å². The first kappa shape index (κ1) is 17.4. The predicted octanol–water partition coefficient (Wildman–Crippen LogP) is 1.94. The van der Waals surface area contributed by atoms with Gasteiger partial charge in [0.25, 0.3) is 0 Å². The van der Waals surface area contributed by atoms with E-state index in [1.54, 1.807) is 0 Å². The van der Waals surface area contributed by atoms with Crippen LogP contribution in [0.1, 0.15) is 16.8 Å². The lowest BCUT2D eigenvalue weighted by Crippen LogP contribution is -2.15. The van der Waals surface area contributed by atoms with E-state index in [1.165, 1.54) is 13.2 Å². The average Bonchev–Trinajstić information content (AvgIpc) is 2.36. The van der Waals surface area contributed by atoms with Crippen molar-refractivity contribution in [3.05, 3.63) is 27.2 Å². The highest BCUT2D eigenvalue weighted by Crippen LogP contribution is 2.30. The maximum absolute atomic E-state index is 11.9. The number of methoxy groups -OCH3 is 1. The van der Waals surface area contributed by atoms with Gasteiger partial charge in [0.1, 0.15) is 0 Å². The number of nitrogens with two attached hydrogens (primary N) is 1. The molecular formula is C11H13BrClNO5S. The molecule has 0 aliphatic heterocycles. The van der Waals surface area contributed by atoms with Gasteiger partial charge in [-0.05, 0) is 28.1 Å². The molecule has 0 bridgehead atoms. The Hall–Kier alpha value is -0.670. The van der Waals surface area contributed by atoms with Gasteiger partial charge in [-0.3, -0.25) is 0 Å². The van der Waals surface area contributed by atoms with Crippen molar-refractivity contribution in [1.82, 2.24) is 0 Å². The zero-order valence-corrected chi connectivity index (χ0v) is 13.7. The number of benzene rings is 1. The van der Waals surface area contributed by atoms with Gasteiger partial charge in [0.05, 0.1) is 22.1 Å². The average molecular weight is 387 g/mol. The molecule has 0 radical (unpaired) electrons. The molecule has 6 nitrogen and oxygen atoms in total. The number of esters is 1. The summed E-state index contributed by atoms with van der Waals surface area (Å²) in [4.78, 5) is 11.6. The maximum atomic E-state index is 11.9. The molecule has 0 saturated heterocycles. The predicted molar refractivity (Wildman–Crippen MR) is 77.3 cm³/mol. The third-order valence-electron chi connectivity index (χ3n) is 2.28. The van der Waals surface area contributed by atoms with Crippen LogP contribution in [-0.4, -0.2) is 34.7 Å². The molecule has 0 atom stereocenters. The molecule has 20 heavy (non-hydrogen) atoms. The summed E-state index contributed by atoms with van der Waals surface area (Å²) in [5.41, 5.74) is -0.0671. The zero-order valence-electron chi connectivity index (χ0n) is 10.6. The topological polar surface area (TPSA) is 95.7 Å². The normalized spacial score (nSPS) is 11.4. The largest absolute Gasteiger partial charge is 0.462 e. The van der Waals surface area contributed by atoms with Crippen molar-refractivity contribution < 1.29 is 22.7 Å². The quantitative estimate of drug-likeness (QED) is 0.595. The summed E-state index contributed by atoms with van der Waals surface area (Å²) in [6.45, 7) is 0.585. The summed E-state index contributed by atoms with van der Waals surface area (Å²) in [6, 6.07) is 2.31. The molecule has 0 spiro atoms. The minimum absolute atomic E-state index is 0.0640. The third-order valence-corrected chi connectivity index (χ3v) is 4.43. The number of primary sulfonamides is 1. The standard InChI is InChI=1S/C11H13BrClNO5S/c1-18-3-2-4-19-11(15)8-5-7(20(14,16)17)6-9(12)10(8)13/h5-6H,2-4H2,1H3,(H2,14,16,17). The number of rotatable bonds is 6. The van der Waals surface area contributed by atoms with E-state index in [9.17, 15) is 13.2 Å². The van der Waals surface area contributed by atoms with E-state index in [1.807, 2.05) is 0 Å². The van der Waals surface area contributed by atoms with Crippen molar-refractivity contribution in [3.8, 4) is 0 Å². The third kappa shape index (κ3) is 4.71. The minimum Gasteiger partial charge on any atom is -0.462 e. The van der Waals surface area contributed by atoms with Crippen molar-refractivity contribution in [1.29, 1.82) is 0 Å². The number of sulfonamides is 1. The Labute approximate surface area is 130 Å². The molecule has 1 rings (SSSR count). The van der Waals surface area contributed by atoms with Gasteiger partial charge in [0.2, 0.25) is 10.0 Å². The number of carbonyl (C=O) groups excluding carboxylic acids is 1. The Morgan fingerprint density at radius 2 is 2.05 bits per heavy atom. The Bertz CT molecular complexity index is 605. The van der Waals surface area contributed by atoms with Crippen LogP contribution in [0.15, 0.2) is 21.5 Å². The first-order chi connectivity index (χ1) is 9.27. The zero-order chi connectivity index (χ0) is 15.3. The molecule has 0 amide bonds. The second-order valence-corrected chi connectivity index (χ2v) is 6.59. The van der Waals surface area contributed by atoms with Crippen LogP contribution in [-0.2, 0) is 19.5 Å². The Morgan fingerprint density at radius 3 is 2.60 bits per heavy atom. The molecule has 1 aromatic carbocycles. The summed E-state index contributed by atoms with van der Waals surface area (Å²) in [5.74, 6) is -0.725. The van der Waals surface area contributed by atoms with E-state index in [0.29, 0.717) is 13.0 Å². The van der Waals surface area contributed by atoms with E-state index < -0.39 is 16.0 Å². The van der Waals surface area contributed by atoms with Crippen LogP contribution in [0.2, 0.25) is 5.02 Å². The summed E-state index contributed by atoms with van der Waals surface area (Å²) in [5, 5.41) is 5.09. The van der Waals surface area contributed by atoms with E-state index in [-0.39, 0.29) is 26.6 Å². The molecule has 112 valence electrons. The molecule has 9 heteroatoms. The van der Waals surface area contributed by atoms with E-state index >= 15 is 0 Å². The van der Waals surface area contributed by atoms with Crippen LogP contribution in [0.4, 0.5) is 0 Å². The van der Waals surface area contributed by atoms with Crippen molar-refractivity contribution in [2.75, 3.05) is 20.3 Å². The second kappa shape index (κ2) is 7.37. The van der Waals surface area contributed by atoms with Crippen LogP contribution in [0.25, 0.3) is 0 Å². The molecule has 0 aromatic heterocycles. The number of carbonyl (C=O) groups is 1. The van der Waals surface area contributed by atoms with Gasteiger partial charge in [-0.25, -0.2) is 18.4 Å². The highest BCUT2D eigenvalue weighted by Gasteiger charge is 2.19.